The van der Waals surface area contributed by atoms with E-state index in [1.165, 1.54) is 0 Å². The number of fused-ring (bicyclic) bond motifs is 1. The molecule has 2 aromatic rings. The first kappa shape index (κ1) is 13.5. The van der Waals surface area contributed by atoms with Crippen LogP contribution in [0, 0.1) is 0 Å². The Morgan fingerprint density at radius 3 is 2.74 bits per heavy atom. The van der Waals surface area contributed by atoms with Gasteiger partial charge in [-0.25, -0.2) is 0 Å². The molecule has 0 saturated carbocycles. The summed E-state index contributed by atoms with van der Waals surface area (Å²) in [6.07, 6.45) is -3.46. The second-order valence-corrected chi connectivity index (χ2v) is 4.12. The van der Waals surface area contributed by atoms with Crippen LogP contribution < -0.4 is 10.5 Å². The van der Waals surface area contributed by atoms with Crippen LogP contribution in [0.15, 0.2) is 30.5 Å². The molecule has 0 amide bonds. The van der Waals surface area contributed by atoms with Crippen LogP contribution in [0.1, 0.15) is 12.8 Å². The Kier molecular flexibility index (Phi) is 3.78. The number of benzene rings is 1. The first-order chi connectivity index (χ1) is 8.97. The molecule has 0 spiro atoms. The molecule has 0 aliphatic rings. The van der Waals surface area contributed by atoms with Crippen LogP contribution >= 0.6 is 0 Å². The molecule has 1 aromatic carbocycles. The monoisotopic (exact) mass is 270 g/mol. The molecule has 102 valence electrons. The van der Waals surface area contributed by atoms with Crippen LogP contribution in [-0.4, -0.2) is 17.8 Å². The zero-order valence-corrected chi connectivity index (χ0v) is 10.1. The van der Waals surface area contributed by atoms with Crippen LogP contribution in [0.3, 0.4) is 0 Å². The molecule has 0 aliphatic heterocycles. The summed E-state index contributed by atoms with van der Waals surface area (Å²) >= 11 is 0. The van der Waals surface area contributed by atoms with Crippen molar-refractivity contribution in [3.63, 3.8) is 0 Å². The number of halogens is 3. The first-order valence-corrected chi connectivity index (χ1v) is 5.80. The fraction of sp³-hybridized carbons (Fsp3) is 0.308. The molecule has 3 nitrogen and oxygen atoms in total. The Balaban J connectivity index is 2.07. The molecule has 0 atom stereocenters. The van der Waals surface area contributed by atoms with Crippen molar-refractivity contribution in [1.82, 2.24) is 4.98 Å². The average molecular weight is 270 g/mol. The van der Waals surface area contributed by atoms with E-state index < -0.39 is 12.6 Å². The number of aromatic nitrogens is 1. The van der Waals surface area contributed by atoms with E-state index >= 15 is 0 Å². The number of alkyl halides is 3. The van der Waals surface area contributed by atoms with E-state index in [0.29, 0.717) is 22.3 Å². The molecule has 2 rings (SSSR count). The lowest BCUT2D eigenvalue weighted by Crippen LogP contribution is -2.09. The van der Waals surface area contributed by atoms with Crippen molar-refractivity contribution in [2.24, 2.45) is 0 Å². The largest absolute Gasteiger partial charge is 0.493 e. The lowest BCUT2D eigenvalue weighted by atomic mass is 10.2. The van der Waals surface area contributed by atoms with Crippen LogP contribution in [0.25, 0.3) is 10.9 Å². The maximum atomic E-state index is 12.0. The molecule has 0 fully saturated rings. The number of nitrogens with zero attached hydrogens (tertiary/aromatic N) is 1. The van der Waals surface area contributed by atoms with E-state index in [4.69, 9.17) is 10.5 Å². The van der Waals surface area contributed by atoms with Crippen molar-refractivity contribution in [1.29, 1.82) is 0 Å². The van der Waals surface area contributed by atoms with Crippen molar-refractivity contribution in [3.8, 4) is 5.75 Å². The SMILES string of the molecule is Nc1ccc(OCCCC(F)(F)F)c2cccnc12. The van der Waals surface area contributed by atoms with Gasteiger partial charge in [-0.2, -0.15) is 13.2 Å². The van der Waals surface area contributed by atoms with Crippen molar-refractivity contribution in [3.05, 3.63) is 30.5 Å². The van der Waals surface area contributed by atoms with Crippen LogP contribution in [0.5, 0.6) is 5.75 Å². The summed E-state index contributed by atoms with van der Waals surface area (Å²) in [4.78, 5) is 4.12. The third-order valence-electron chi connectivity index (χ3n) is 2.62. The van der Waals surface area contributed by atoms with Gasteiger partial charge in [-0.15, -0.1) is 0 Å². The second-order valence-electron chi connectivity index (χ2n) is 4.12. The van der Waals surface area contributed by atoms with E-state index in [-0.39, 0.29) is 13.0 Å². The van der Waals surface area contributed by atoms with Crippen LogP contribution in [0.4, 0.5) is 18.9 Å². The van der Waals surface area contributed by atoms with Gasteiger partial charge in [0, 0.05) is 18.0 Å². The average Bonchev–Trinajstić information content (AvgIpc) is 2.36. The van der Waals surface area contributed by atoms with Gasteiger partial charge in [0.15, 0.2) is 0 Å². The van der Waals surface area contributed by atoms with Crippen LogP contribution in [0.2, 0.25) is 0 Å². The highest BCUT2D eigenvalue weighted by molar-refractivity contribution is 5.93. The minimum atomic E-state index is -4.14. The molecule has 0 saturated heterocycles. The molecule has 6 heteroatoms. The number of anilines is 1. The molecule has 1 heterocycles. The van der Waals surface area contributed by atoms with E-state index in [1.54, 1.807) is 30.5 Å². The smallest absolute Gasteiger partial charge is 0.389 e. The number of ether oxygens (including phenoxy) is 1. The Bertz CT molecular complexity index is 569. The highest BCUT2D eigenvalue weighted by Gasteiger charge is 2.26. The molecule has 1 aromatic heterocycles. The Hall–Kier alpha value is -1.98. The molecular weight excluding hydrogens is 257 g/mol. The van der Waals surface area contributed by atoms with Gasteiger partial charge < -0.3 is 10.5 Å². The zero-order valence-electron chi connectivity index (χ0n) is 10.1. The summed E-state index contributed by atoms with van der Waals surface area (Å²) in [6, 6.07) is 6.78. The number of nitrogen functional groups attached to an aromatic ring is 1. The van der Waals surface area contributed by atoms with Crippen LogP contribution in [-0.2, 0) is 0 Å². The molecule has 2 N–H and O–H groups in total. The molecule has 0 unspecified atom stereocenters. The topological polar surface area (TPSA) is 48.1 Å². The van der Waals surface area contributed by atoms with E-state index in [1.807, 2.05) is 0 Å². The van der Waals surface area contributed by atoms with Crippen molar-refractivity contribution < 1.29 is 17.9 Å². The lowest BCUT2D eigenvalue weighted by molar-refractivity contribution is -0.136. The van der Waals surface area contributed by atoms with Gasteiger partial charge in [0.1, 0.15) is 5.75 Å². The number of hydrogen-bond donors (Lipinski definition) is 1. The second kappa shape index (κ2) is 5.34. The van der Waals surface area contributed by atoms with E-state index in [2.05, 4.69) is 4.98 Å². The van der Waals surface area contributed by atoms with Crippen molar-refractivity contribution in [2.45, 2.75) is 19.0 Å². The number of hydrogen-bond acceptors (Lipinski definition) is 3. The molecule has 0 radical (unpaired) electrons. The standard InChI is InChI=1S/C13H13F3N2O/c14-13(15,16)6-2-8-19-11-5-4-10(17)12-9(11)3-1-7-18-12/h1,3-5,7H,2,6,8,17H2. The first-order valence-electron chi connectivity index (χ1n) is 5.80. The predicted octanol–water partition coefficient (Wildman–Crippen LogP) is 3.54. The highest BCUT2D eigenvalue weighted by Crippen LogP contribution is 2.29. The normalized spacial score (nSPS) is 11.7. The molecular formula is C13H13F3N2O. The van der Waals surface area contributed by atoms with Crippen molar-refractivity contribution in [2.75, 3.05) is 12.3 Å². The van der Waals surface area contributed by atoms with Gasteiger partial charge >= 0.3 is 6.18 Å². The van der Waals surface area contributed by atoms with Gasteiger partial charge in [-0.1, -0.05) is 0 Å². The summed E-state index contributed by atoms with van der Waals surface area (Å²) in [5, 5.41) is 0.703. The minimum Gasteiger partial charge on any atom is -0.493 e. The Morgan fingerprint density at radius 2 is 2.00 bits per heavy atom. The van der Waals surface area contributed by atoms with E-state index in [9.17, 15) is 13.2 Å². The maximum Gasteiger partial charge on any atom is 0.389 e. The molecule has 0 bridgehead atoms. The highest BCUT2D eigenvalue weighted by atomic mass is 19.4. The summed E-state index contributed by atoms with van der Waals surface area (Å²) in [6.45, 7) is 0.00736. The van der Waals surface area contributed by atoms with E-state index in [0.717, 1.165) is 0 Å². The summed E-state index contributed by atoms with van der Waals surface area (Å²) in [5.74, 6) is 0.500. The Morgan fingerprint density at radius 1 is 1.21 bits per heavy atom. The predicted molar refractivity (Wildman–Crippen MR) is 66.9 cm³/mol. The maximum absolute atomic E-state index is 12.0. The summed E-state index contributed by atoms with van der Waals surface area (Å²) < 4.78 is 41.4. The third kappa shape index (κ3) is 3.49. The minimum absolute atomic E-state index is 0.00736. The van der Waals surface area contributed by atoms with Gasteiger partial charge in [-0.3, -0.25) is 4.98 Å². The zero-order chi connectivity index (χ0) is 13.9. The van der Waals surface area contributed by atoms with Gasteiger partial charge in [0.25, 0.3) is 0 Å². The lowest BCUT2D eigenvalue weighted by Gasteiger charge is -2.11. The van der Waals surface area contributed by atoms with Gasteiger partial charge in [0.05, 0.1) is 17.8 Å². The summed E-state index contributed by atoms with van der Waals surface area (Å²) in [7, 11) is 0. The van der Waals surface area contributed by atoms with Gasteiger partial charge in [-0.05, 0) is 30.7 Å². The molecule has 0 aliphatic carbocycles. The summed E-state index contributed by atoms with van der Waals surface area (Å²) in [5.41, 5.74) is 6.88. The number of pyridine rings is 1. The van der Waals surface area contributed by atoms with Crippen molar-refractivity contribution >= 4 is 16.6 Å². The molecule has 19 heavy (non-hydrogen) atoms. The fourth-order valence-electron chi connectivity index (χ4n) is 1.75. The number of nitrogens with two attached hydrogens (primary N) is 1. The third-order valence-corrected chi connectivity index (χ3v) is 2.62. The number of rotatable bonds is 4. The Labute approximate surface area is 108 Å². The quantitative estimate of drug-likeness (QED) is 0.682. The fourth-order valence-corrected chi connectivity index (χ4v) is 1.75. The van der Waals surface area contributed by atoms with Gasteiger partial charge in [0.2, 0.25) is 0 Å².